The quantitative estimate of drug-likeness (QED) is 0.485. The maximum Gasteiger partial charge on any atom is 0.255 e. The molecule has 7 heteroatoms. The zero-order valence-corrected chi connectivity index (χ0v) is 15.6. The van der Waals surface area contributed by atoms with E-state index in [0.29, 0.717) is 22.7 Å². The molecule has 0 aliphatic carbocycles. The van der Waals surface area contributed by atoms with E-state index in [1.54, 1.807) is 30.0 Å². The molecule has 5 nitrogen and oxygen atoms in total. The Morgan fingerprint density at radius 3 is 2.85 bits per heavy atom. The van der Waals surface area contributed by atoms with E-state index in [1.165, 1.54) is 0 Å². The summed E-state index contributed by atoms with van der Waals surface area (Å²) in [7, 11) is 0. The molecule has 0 fully saturated rings. The molecule has 0 aliphatic heterocycles. The highest BCUT2D eigenvalue weighted by Gasteiger charge is 2.09. The minimum Gasteiger partial charge on any atom is -0.441 e. The molecule has 4 rings (SSSR count). The topological polar surface area (TPSA) is 68.0 Å². The van der Waals surface area contributed by atoms with Gasteiger partial charge in [0.25, 0.3) is 5.91 Å². The van der Waals surface area contributed by atoms with E-state index in [0.717, 1.165) is 21.9 Å². The number of hydrogen-bond acceptors (Lipinski definition) is 6. The standard InChI is InChI=1S/C19H15N3O2S2/c1-12-21-17-8-14(4-7-18(17)24-12)22-19(23)13-2-5-16(6-3-13)26-10-15-9-25-11-20-15/h2-9,11H,10H2,1H3,(H,22,23). The van der Waals surface area contributed by atoms with E-state index in [9.17, 15) is 4.79 Å². The molecule has 130 valence electrons. The Morgan fingerprint density at radius 2 is 2.08 bits per heavy atom. The minimum absolute atomic E-state index is 0.152. The largest absolute Gasteiger partial charge is 0.441 e. The van der Waals surface area contributed by atoms with Crippen molar-refractivity contribution in [1.29, 1.82) is 0 Å². The predicted molar refractivity (Wildman–Crippen MR) is 105 cm³/mol. The van der Waals surface area contributed by atoms with E-state index < -0.39 is 0 Å². The van der Waals surface area contributed by atoms with Crippen LogP contribution in [0.1, 0.15) is 21.9 Å². The molecule has 26 heavy (non-hydrogen) atoms. The SMILES string of the molecule is Cc1nc2cc(NC(=O)c3ccc(SCc4cscn4)cc3)ccc2o1. The van der Waals surface area contributed by atoms with Gasteiger partial charge in [0.1, 0.15) is 5.52 Å². The summed E-state index contributed by atoms with van der Waals surface area (Å²) >= 11 is 3.30. The van der Waals surface area contributed by atoms with Gasteiger partial charge in [-0.3, -0.25) is 4.79 Å². The Bertz CT molecular complexity index is 1040. The van der Waals surface area contributed by atoms with Crippen molar-refractivity contribution in [2.24, 2.45) is 0 Å². The van der Waals surface area contributed by atoms with Crippen molar-refractivity contribution >= 4 is 45.8 Å². The molecule has 1 amide bonds. The Labute approximate surface area is 158 Å². The Morgan fingerprint density at radius 1 is 1.23 bits per heavy atom. The van der Waals surface area contributed by atoms with Crippen LogP contribution in [-0.4, -0.2) is 15.9 Å². The van der Waals surface area contributed by atoms with Crippen molar-refractivity contribution < 1.29 is 9.21 Å². The van der Waals surface area contributed by atoms with Gasteiger partial charge in [0.05, 0.1) is 11.2 Å². The molecule has 0 atom stereocenters. The molecule has 2 aromatic heterocycles. The summed E-state index contributed by atoms with van der Waals surface area (Å²) in [6, 6.07) is 13.0. The minimum atomic E-state index is -0.152. The number of oxazole rings is 1. The number of carbonyl (C=O) groups excluding carboxylic acids is 1. The number of carbonyl (C=O) groups is 1. The highest BCUT2D eigenvalue weighted by atomic mass is 32.2. The number of fused-ring (bicyclic) bond motifs is 1. The van der Waals surface area contributed by atoms with Crippen LogP contribution in [0.4, 0.5) is 5.69 Å². The van der Waals surface area contributed by atoms with Crippen LogP contribution in [0.3, 0.4) is 0 Å². The van der Waals surface area contributed by atoms with Crippen LogP contribution in [0.15, 0.2) is 62.7 Å². The summed E-state index contributed by atoms with van der Waals surface area (Å²) < 4.78 is 5.45. The molecule has 0 bridgehead atoms. The molecule has 2 aromatic carbocycles. The van der Waals surface area contributed by atoms with Crippen molar-refractivity contribution in [1.82, 2.24) is 9.97 Å². The third kappa shape index (κ3) is 3.79. The average molecular weight is 381 g/mol. The van der Waals surface area contributed by atoms with Gasteiger partial charge in [-0.25, -0.2) is 9.97 Å². The fourth-order valence-electron chi connectivity index (χ4n) is 2.49. The molecule has 0 saturated heterocycles. The number of nitrogens with zero attached hydrogens (tertiary/aromatic N) is 2. The van der Waals surface area contributed by atoms with Crippen LogP contribution in [0.25, 0.3) is 11.1 Å². The van der Waals surface area contributed by atoms with E-state index in [-0.39, 0.29) is 5.91 Å². The smallest absolute Gasteiger partial charge is 0.255 e. The first-order valence-corrected chi connectivity index (χ1v) is 9.89. The van der Waals surface area contributed by atoms with Crippen molar-refractivity contribution in [3.05, 3.63) is 70.5 Å². The summed E-state index contributed by atoms with van der Waals surface area (Å²) in [5.74, 6) is 1.28. The van der Waals surface area contributed by atoms with Crippen molar-refractivity contribution in [3.63, 3.8) is 0 Å². The predicted octanol–water partition coefficient (Wildman–Crippen LogP) is 5.14. The van der Waals surface area contributed by atoms with Crippen molar-refractivity contribution in [3.8, 4) is 0 Å². The molecular weight excluding hydrogens is 366 g/mol. The first-order valence-electron chi connectivity index (χ1n) is 7.96. The highest BCUT2D eigenvalue weighted by Crippen LogP contribution is 2.24. The lowest BCUT2D eigenvalue weighted by molar-refractivity contribution is 0.102. The molecular formula is C19H15N3O2S2. The van der Waals surface area contributed by atoms with Gasteiger partial charge < -0.3 is 9.73 Å². The number of rotatable bonds is 5. The first-order chi connectivity index (χ1) is 12.7. The van der Waals surface area contributed by atoms with Gasteiger partial charge in [0.2, 0.25) is 0 Å². The van der Waals surface area contributed by atoms with Crippen LogP contribution < -0.4 is 5.32 Å². The monoisotopic (exact) mass is 381 g/mol. The van der Waals surface area contributed by atoms with Crippen LogP contribution in [0, 0.1) is 6.92 Å². The number of aryl methyl sites for hydroxylation is 1. The molecule has 1 N–H and O–H groups in total. The summed E-state index contributed by atoms with van der Waals surface area (Å²) in [5.41, 5.74) is 5.65. The fourth-order valence-corrected chi connectivity index (χ4v) is 3.96. The maximum absolute atomic E-state index is 12.4. The van der Waals surface area contributed by atoms with Gasteiger partial charge in [-0.05, 0) is 42.5 Å². The molecule has 0 radical (unpaired) electrons. The summed E-state index contributed by atoms with van der Waals surface area (Å²) in [4.78, 5) is 22.1. The van der Waals surface area contributed by atoms with Gasteiger partial charge in [-0.15, -0.1) is 23.1 Å². The highest BCUT2D eigenvalue weighted by molar-refractivity contribution is 7.98. The van der Waals surface area contributed by atoms with Crippen molar-refractivity contribution in [2.45, 2.75) is 17.6 Å². The second-order valence-electron chi connectivity index (χ2n) is 5.66. The number of anilines is 1. The van der Waals surface area contributed by atoms with Gasteiger partial charge in [0, 0.05) is 34.2 Å². The van der Waals surface area contributed by atoms with Gasteiger partial charge in [-0.2, -0.15) is 0 Å². The average Bonchev–Trinajstić information content (AvgIpc) is 3.28. The van der Waals surface area contributed by atoms with Crippen LogP contribution in [0.5, 0.6) is 0 Å². The van der Waals surface area contributed by atoms with E-state index in [4.69, 9.17) is 4.42 Å². The number of thioether (sulfide) groups is 1. The summed E-state index contributed by atoms with van der Waals surface area (Å²) in [5, 5.41) is 4.94. The van der Waals surface area contributed by atoms with Crippen molar-refractivity contribution in [2.75, 3.05) is 5.32 Å². The molecule has 4 aromatic rings. The third-order valence-corrected chi connectivity index (χ3v) is 5.42. The lowest BCUT2D eigenvalue weighted by Gasteiger charge is -2.06. The third-order valence-electron chi connectivity index (χ3n) is 3.74. The zero-order chi connectivity index (χ0) is 17.9. The summed E-state index contributed by atoms with van der Waals surface area (Å²) in [6.45, 7) is 1.80. The second-order valence-corrected chi connectivity index (χ2v) is 7.43. The second kappa shape index (κ2) is 7.31. The number of aromatic nitrogens is 2. The fraction of sp³-hybridized carbons (Fsp3) is 0.105. The number of nitrogens with one attached hydrogen (secondary N) is 1. The zero-order valence-electron chi connectivity index (χ0n) is 13.9. The number of hydrogen-bond donors (Lipinski definition) is 1. The molecule has 2 heterocycles. The number of amides is 1. The molecule has 0 saturated carbocycles. The Balaban J connectivity index is 1.41. The number of benzene rings is 2. The lowest BCUT2D eigenvalue weighted by Crippen LogP contribution is -2.11. The lowest BCUT2D eigenvalue weighted by atomic mass is 10.2. The summed E-state index contributed by atoms with van der Waals surface area (Å²) in [6.07, 6.45) is 0. The van der Waals surface area contributed by atoms with Crippen LogP contribution in [0.2, 0.25) is 0 Å². The van der Waals surface area contributed by atoms with Gasteiger partial charge >= 0.3 is 0 Å². The normalized spacial score (nSPS) is 11.0. The van der Waals surface area contributed by atoms with E-state index in [2.05, 4.69) is 15.3 Å². The van der Waals surface area contributed by atoms with Crippen LogP contribution in [-0.2, 0) is 5.75 Å². The van der Waals surface area contributed by atoms with Gasteiger partial charge in [0.15, 0.2) is 11.5 Å². The van der Waals surface area contributed by atoms with E-state index in [1.807, 2.05) is 53.4 Å². The molecule has 0 unspecified atom stereocenters. The molecule has 0 spiro atoms. The Kier molecular flexibility index (Phi) is 4.73. The van der Waals surface area contributed by atoms with Gasteiger partial charge in [-0.1, -0.05) is 0 Å². The molecule has 0 aliphatic rings. The van der Waals surface area contributed by atoms with Crippen LogP contribution >= 0.6 is 23.1 Å². The van der Waals surface area contributed by atoms with E-state index >= 15 is 0 Å². The maximum atomic E-state index is 12.4. The first kappa shape index (κ1) is 16.8. The number of thiazole rings is 1. The Hall–Kier alpha value is -2.64.